The summed E-state index contributed by atoms with van der Waals surface area (Å²) in [4.78, 5) is 22.4. The Bertz CT molecular complexity index is 202. The lowest BCUT2D eigenvalue weighted by Gasteiger charge is -2.06. The van der Waals surface area contributed by atoms with E-state index < -0.39 is 5.97 Å². The Hall–Kier alpha value is -0.510. The fourth-order valence-electron chi connectivity index (χ4n) is 0.853. The van der Waals surface area contributed by atoms with E-state index in [0.717, 1.165) is 12.2 Å². The first-order valence-corrected chi connectivity index (χ1v) is 6.46. The maximum atomic E-state index is 11.3. The highest BCUT2D eigenvalue weighted by atomic mass is 32.2. The van der Waals surface area contributed by atoms with Crippen LogP contribution >= 0.6 is 11.8 Å². The predicted molar refractivity (Wildman–Crippen MR) is 63.0 cm³/mol. The molecule has 0 spiro atoms. The van der Waals surface area contributed by atoms with Crippen LogP contribution in [0.3, 0.4) is 0 Å². The first kappa shape index (κ1) is 14.5. The number of Topliss-reactive ketones (excluding diaryl/α,β-unsaturated/α-hetero) is 1. The van der Waals surface area contributed by atoms with Crippen LogP contribution in [0.5, 0.6) is 0 Å². The van der Waals surface area contributed by atoms with Crippen molar-refractivity contribution in [1.82, 2.24) is 0 Å². The number of hydrogen-bond acceptors (Lipinski definition) is 4. The summed E-state index contributed by atoms with van der Waals surface area (Å²) in [6.07, 6.45) is 0.971. The summed E-state index contributed by atoms with van der Waals surface area (Å²) in [5.41, 5.74) is 0. The molecule has 0 N–H and O–H groups in total. The van der Waals surface area contributed by atoms with Crippen LogP contribution in [0, 0.1) is 5.92 Å². The molecule has 0 bridgehead atoms. The van der Waals surface area contributed by atoms with Crippen molar-refractivity contribution in [2.24, 2.45) is 5.92 Å². The average Bonchev–Trinajstić information content (AvgIpc) is 2.15. The third-order valence-electron chi connectivity index (χ3n) is 1.53. The number of esters is 1. The average molecular weight is 232 g/mol. The van der Waals surface area contributed by atoms with Crippen LogP contribution in [0.4, 0.5) is 0 Å². The minimum Gasteiger partial charge on any atom is -0.465 e. The van der Waals surface area contributed by atoms with E-state index in [2.05, 4.69) is 6.92 Å². The minimum atomic E-state index is -0.397. The van der Waals surface area contributed by atoms with E-state index in [0.29, 0.717) is 18.3 Å². The zero-order chi connectivity index (χ0) is 11.7. The quantitative estimate of drug-likeness (QED) is 0.366. The molecule has 0 aromatic rings. The van der Waals surface area contributed by atoms with Gasteiger partial charge in [-0.3, -0.25) is 9.59 Å². The molecule has 0 amide bonds. The highest BCUT2D eigenvalue weighted by Gasteiger charge is 2.10. The number of carbonyl (C=O) groups is 2. The predicted octanol–water partition coefficient (Wildman–Crippen LogP) is 2.29. The maximum absolute atomic E-state index is 11.3. The van der Waals surface area contributed by atoms with E-state index in [4.69, 9.17) is 4.74 Å². The Morgan fingerprint density at radius 3 is 2.53 bits per heavy atom. The van der Waals surface area contributed by atoms with Crippen molar-refractivity contribution >= 4 is 23.5 Å². The molecule has 15 heavy (non-hydrogen) atoms. The Morgan fingerprint density at radius 1 is 1.33 bits per heavy atom. The number of rotatable bonds is 8. The van der Waals surface area contributed by atoms with Gasteiger partial charge in [0.25, 0.3) is 0 Å². The molecule has 0 aromatic heterocycles. The Kier molecular flexibility index (Phi) is 8.47. The lowest BCUT2D eigenvalue weighted by molar-refractivity contribution is -0.146. The van der Waals surface area contributed by atoms with Crippen LogP contribution in [0.15, 0.2) is 0 Å². The fraction of sp³-hybridized carbons (Fsp3) is 0.818. The van der Waals surface area contributed by atoms with Gasteiger partial charge in [0.05, 0.1) is 12.4 Å². The number of thioether (sulfide) groups is 1. The summed E-state index contributed by atoms with van der Waals surface area (Å²) in [7, 11) is 0. The van der Waals surface area contributed by atoms with Crippen molar-refractivity contribution in [3.05, 3.63) is 0 Å². The third-order valence-corrected chi connectivity index (χ3v) is 2.75. The zero-order valence-electron chi connectivity index (χ0n) is 9.75. The summed E-state index contributed by atoms with van der Waals surface area (Å²) >= 11 is 1.57. The van der Waals surface area contributed by atoms with Gasteiger partial charge in [-0.2, -0.15) is 11.8 Å². The van der Waals surface area contributed by atoms with Gasteiger partial charge in [0.1, 0.15) is 6.42 Å². The monoisotopic (exact) mass is 232 g/mol. The van der Waals surface area contributed by atoms with Crippen LogP contribution in [0.2, 0.25) is 0 Å². The molecule has 88 valence electrons. The summed E-state index contributed by atoms with van der Waals surface area (Å²) in [6.45, 7) is 6.39. The second kappa shape index (κ2) is 8.77. The van der Waals surface area contributed by atoms with Crippen molar-refractivity contribution < 1.29 is 14.3 Å². The number of ketones is 1. The van der Waals surface area contributed by atoms with Crippen molar-refractivity contribution in [1.29, 1.82) is 0 Å². The molecular formula is C11H20O3S. The van der Waals surface area contributed by atoms with E-state index in [1.165, 1.54) is 0 Å². The molecular weight excluding hydrogens is 212 g/mol. The molecule has 0 aliphatic carbocycles. The number of carbonyl (C=O) groups excluding carboxylic acids is 2. The van der Waals surface area contributed by atoms with Crippen LogP contribution in [-0.2, 0) is 14.3 Å². The highest BCUT2D eigenvalue weighted by Crippen LogP contribution is 2.04. The van der Waals surface area contributed by atoms with Gasteiger partial charge in [-0.1, -0.05) is 20.8 Å². The second-order valence-corrected chi connectivity index (χ2v) is 4.95. The normalized spacial score (nSPS) is 10.4. The van der Waals surface area contributed by atoms with Gasteiger partial charge in [0.2, 0.25) is 0 Å². The molecule has 0 atom stereocenters. The molecule has 0 unspecified atom stereocenters. The van der Waals surface area contributed by atoms with Gasteiger partial charge in [-0.05, 0) is 18.1 Å². The van der Waals surface area contributed by atoms with E-state index in [-0.39, 0.29) is 12.2 Å². The van der Waals surface area contributed by atoms with E-state index in [9.17, 15) is 9.59 Å². The number of ether oxygens (including phenoxy) is 1. The van der Waals surface area contributed by atoms with E-state index >= 15 is 0 Å². The Balaban J connectivity index is 3.53. The van der Waals surface area contributed by atoms with Gasteiger partial charge >= 0.3 is 5.97 Å². The van der Waals surface area contributed by atoms with Gasteiger partial charge in [-0.25, -0.2) is 0 Å². The molecule has 0 radical (unpaired) electrons. The van der Waals surface area contributed by atoms with Crippen molar-refractivity contribution in [3.8, 4) is 0 Å². The molecule has 0 heterocycles. The summed E-state index contributed by atoms with van der Waals surface area (Å²) in [5, 5.41) is 0. The van der Waals surface area contributed by atoms with Crippen LogP contribution < -0.4 is 0 Å². The standard InChI is InChI=1S/C11H20O3S/c1-4-5-15-8-10(12)6-11(13)14-7-9(2)3/h9H,4-8H2,1-3H3. The third kappa shape index (κ3) is 9.79. The molecule has 3 nitrogen and oxygen atoms in total. The summed E-state index contributed by atoms with van der Waals surface area (Å²) in [5.74, 6) is 1.27. The topological polar surface area (TPSA) is 43.4 Å². The van der Waals surface area contributed by atoms with Crippen molar-refractivity contribution in [2.45, 2.75) is 33.6 Å². The molecule has 0 saturated heterocycles. The molecule has 0 rings (SSSR count). The first-order valence-electron chi connectivity index (χ1n) is 5.31. The highest BCUT2D eigenvalue weighted by molar-refractivity contribution is 7.99. The second-order valence-electron chi connectivity index (χ2n) is 3.84. The van der Waals surface area contributed by atoms with Crippen molar-refractivity contribution in [3.63, 3.8) is 0 Å². The smallest absolute Gasteiger partial charge is 0.313 e. The SMILES string of the molecule is CCCSCC(=O)CC(=O)OCC(C)C. The van der Waals surface area contributed by atoms with Crippen LogP contribution in [0.1, 0.15) is 33.6 Å². The van der Waals surface area contributed by atoms with Gasteiger partial charge in [-0.15, -0.1) is 0 Å². The summed E-state index contributed by atoms with van der Waals surface area (Å²) in [6, 6.07) is 0. The summed E-state index contributed by atoms with van der Waals surface area (Å²) < 4.78 is 4.91. The van der Waals surface area contributed by atoms with E-state index in [1.807, 2.05) is 13.8 Å². The van der Waals surface area contributed by atoms with Gasteiger partial charge in [0.15, 0.2) is 5.78 Å². The fourth-order valence-corrected chi connectivity index (χ4v) is 1.62. The lowest BCUT2D eigenvalue weighted by atomic mass is 10.2. The molecule has 0 aliphatic heterocycles. The minimum absolute atomic E-state index is 0.0396. The van der Waals surface area contributed by atoms with Gasteiger partial charge in [0, 0.05) is 0 Å². The largest absolute Gasteiger partial charge is 0.465 e. The maximum Gasteiger partial charge on any atom is 0.313 e. The van der Waals surface area contributed by atoms with Gasteiger partial charge < -0.3 is 4.74 Å². The van der Waals surface area contributed by atoms with Crippen LogP contribution in [0.25, 0.3) is 0 Å². The van der Waals surface area contributed by atoms with Crippen LogP contribution in [-0.4, -0.2) is 29.9 Å². The molecule has 0 saturated carbocycles. The first-order chi connectivity index (χ1) is 7.06. The Labute approximate surface area is 95.9 Å². The lowest BCUT2D eigenvalue weighted by Crippen LogP contribution is -2.15. The Morgan fingerprint density at radius 2 is 2.00 bits per heavy atom. The number of hydrogen-bond donors (Lipinski definition) is 0. The molecule has 4 heteroatoms. The molecule has 0 aromatic carbocycles. The van der Waals surface area contributed by atoms with Crippen molar-refractivity contribution in [2.75, 3.05) is 18.1 Å². The van der Waals surface area contributed by atoms with E-state index in [1.54, 1.807) is 11.8 Å². The molecule has 0 fully saturated rings. The zero-order valence-corrected chi connectivity index (χ0v) is 10.6. The molecule has 0 aliphatic rings.